The highest BCUT2D eigenvalue weighted by atomic mass is 16.5. The van der Waals surface area contributed by atoms with Gasteiger partial charge in [-0.2, -0.15) is 0 Å². The molecule has 2 aromatic carbocycles. The maximum Gasteiger partial charge on any atom is 0.255 e. The first-order valence-corrected chi connectivity index (χ1v) is 10.1. The van der Waals surface area contributed by atoms with Crippen molar-refractivity contribution in [1.82, 2.24) is 15.3 Å². The van der Waals surface area contributed by atoms with Crippen molar-refractivity contribution < 1.29 is 14.3 Å². The molecule has 2 N–H and O–H groups in total. The Balaban J connectivity index is 1.40. The number of pyridine rings is 2. The Hall–Kier alpha value is -4.26. The normalized spacial score (nSPS) is 10.6. The molecule has 160 valence electrons. The van der Waals surface area contributed by atoms with Crippen LogP contribution in [0.5, 0.6) is 5.75 Å². The van der Waals surface area contributed by atoms with Gasteiger partial charge in [0.1, 0.15) is 5.75 Å². The van der Waals surface area contributed by atoms with Gasteiger partial charge in [0.05, 0.1) is 23.9 Å². The third kappa shape index (κ3) is 4.73. The largest absolute Gasteiger partial charge is 0.497 e. The number of amides is 2. The summed E-state index contributed by atoms with van der Waals surface area (Å²) in [5, 5.41) is 6.60. The number of hydrogen-bond donors (Lipinski definition) is 2. The fraction of sp³-hybridized carbons (Fsp3) is 0.120. The minimum Gasteiger partial charge on any atom is -0.497 e. The molecule has 2 heterocycles. The van der Waals surface area contributed by atoms with Crippen LogP contribution in [0, 0.1) is 6.92 Å². The number of anilines is 1. The van der Waals surface area contributed by atoms with Crippen LogP contribution >= 0.6 is 0 Å². The van der Waals surface area contributed by atoms with Gasteiger partial charge in [0.15, 0.2) is 0 Å². The van der Waals surface area contributed by atoms with E-state index in [1.54, 1.807) is 43.8 Å². The van der Waals surface area contributed by atoms with Gasteiger partial charge in [-0.15, -0.1) is 0 Å². The molecule has 4 rings (SSSR count). The number of rotatable bonds is 6. The zero-order chi connectivity index (χ0) is 22.5. The van der Waals surface area contributed by atoms with E-state index in [0.29, 0.717) is 29.1 Å². The van der Waals surface area contributed by atoms with Crippen molar-refractivity contribution in [3.63, 3.8) is 0 Å². The summed E-state index contributed by atoms with van der Waals surface area (Å²) in [6.45, 7) is 2.15. The topological polar surface area (TPSA) is 93.2 Å². The van der Waals surface area contributed by atoms with Crippen molar-refractivity contribution in [2.45, 2.75) is 13.5 Å². The van der Waals surface area contributed by atoms with Gasteiger partial charge in [0.2, 0.25) is 0 Å². The lowest BCUT2D eigenvalue weighted by Gasteiger charge is -2.10. The molecule has 7 heteroatoms. The van der Waals surface area contributed by atoms with Gasteiger partial charge in [-0.05, 0) is 55.0 Å². The third-order valence-corrected chi connectivity index (χ3v) is 5.07. The van der Waals surface area contributed by atoms with E-state index in [2.05, 4.69) is 20.6 Å². The van der Waals surface area contributed by atoms with Crippen molar-refractivity contribution in [3.8, 4) is 5.75 Å². The number of benzene rings is 2. The molecule has 0 spiro atoms. The predicted molar refractivity (Wildman–Crippen MR) is 123 cm³/mol. The number of carbonyl (C=O) groups is 2. The highest BCUT2D eigenvalue weighted by Crippen LogP contribution is 2.22. The van der Waals surface area contributed by atoms with Crippen LogP contribution in [0.2, 0.25) is 0 Å². The second kappa shape index (κ2) is 9.26. The van der Waals surface area contributed by atoms with Crippen LogP contribution in [0.4, 0.5) is 5.69 Å². The van der Waals surface area contributed by atoms with Crippen molar-refractivity contribution in [3.05, 3.63) is 95.4 Å². The summed E-state index contributed by atoms with van der Waals surface area (Å²) in [6.07, 6.45) is 3.23. The molecule has 0 radical (unpaired) electrons. The van der Waals surface area contributed by atoms with E-state index in [0.717, 1.165) is 22.2 Å². The van der Waals surface area contributed by atoms with Crippen molar-refractivity contribution in [1.29, 1.82) is 0 Å². The van der Waals surface area contributed by atoms with Crippen LogP contribution in [-0.2, 0) is 6.54 Å². The van der Waals surface area contributed by atoms with Crippen LogP contribution < -0.4 is 15.4 Å². The maximum absolute atomic E-state index is 12.7. The van der Waals surface area contributed by atoms with Crippen LogP contribution in [0.1, 0.15) is 32.0 Å². The van der Waals surface area contributed by atoms with Gasteiger partial charge < -0.3 is 15.4 Å². The first-order chi connectivity index (χ1) is 15.5. The molecular formula is C25H22N4O3. The number of methoxy groups -OCH3 is 1. The molecule has 32 heavy (non-hydrogen) atoms. The first kappa shape index (κ1) is 21.0. The van der Waals surface area contributed by atoms with E-state index in [9.17, 15) is 9.59 Å². The van der Waals surface area contributed by atoms with Gasteiger partial charge in [-0.1, -0.05) is 12.1 Å². The Morgan fingerprint density at radius 1 is 0.938 bits per heavy atom. The highest BCUT2D eigenvalue weighted by Gasteiger charge is 2.12. The zero-order valence-electron chi connectivity index (χ0n) is 17.8. The molecule has 0 unspecified atom stereocenters. The number of aryl methyl sites for hydroxylation is 1. The van der Waals surface area contributed by atoms with Gasteiger partial charge in [0.25, 0.3) is 11.8 Å². The number of ether oxygens (including phenoxy) is 1. The number of carbonyl (C=O) groups excluding carboxylic acids is 2. The van der Waals surface area contributed by atoms with Crippen molar-refractivity contribution >= 4 is 28.4 Å². The maximum atomic E-state index is 12.7. The predicted octanol–water partition coefficient (Wildman–Crippen LogP) is 4.13. The summed E-state index contributed by atoms with van der Waals surface area (Å²) in [7, 11) is 1.61. The van der Waals surface area contributed by atoms with E-state index in [1.165, 1.54) is 0 Å². The molecule has 4 aromatic rings. The van der Waals surface area contributed by atoms with Gasteiger partial charge in [-0.3, -0.25) is 19.6 Å². The lowest BCUT2D eigenvalue weighted by atomic mass is 10.1. The molecule has 0 saturated carbocycles. The zero-order valence-corrected chi connectivity index (χ0v) is 17.8. The van der Waals surface area contributed by atoms with Gasteiger partial charge in [0, 0.05) is 41.6 Å². The molecule has 0 bridgehead atoms. The van der Waals surface area contributed by atoms with Gasteiger partial charge >= 0.3 is 0 Å². The molecule has 2 amide bonds. The van der Waals surface area contributed by atoms with Crippen LogP contribution in [0.3, 0.4) is 0 Å². The number of fused-ring (bicyclic) bond motifs is 1. The quantitative estimate of drug-likeness (QED) is 0.484. The van der Waals surface area contributed by atoms with E-state index in [4.69, 9.17) is 4.74 Å². The molecule has 0 atom stereocenters. The smallest absolute Gasteiger partial charge is 0.255 e. The Morgan fingerprint density at radius 3 is 2.41 bits per heavy atom. The molecule has 0 aliphatic carbocycles. The van der Waals surface area contributed by atoms with Crippen LogP contribution in [-0.4, -0.2) is 28.9 Å². The van der Waals surface area contributed by atoms with Crippen LogP contribution in [0.15, 0.2) is 73.1 Å². The minimum absolute atomic E-state index is 0.202. The SMILES string of the molecule is COc1ccc2cc(C(=O)NCc3ccc(C(=O)Nc4ccncc4)cc3)c(C)nc2c1. The highest BCUT2D eigenvalue weighted by molar-refractivity contribution is 6.04. The number of hydrogen-bond acceptors (Lipinski definition) is 5. The molecule has 0 fully saturated rings. The van der Waals surface area contributed by atoms with Crippen LogP contribution in [0.25, 0.3) is 10.9 Å². The number of nitrogens with one attached hydrogen (secondary N) is 2. The summed E-state index contributed by atoms with van der Waals surface area (Å²) < 4.78 is 5.23. The summed E-state index contributed by atoms with van der Waals surface area (Å²) in [6, 6.07) is 17.9. The third-order valence-electron chi connectivity index (χ3n) is 5.07. The summed E-state index contributed by atoms with van der Waals surface area (Å²) in [5.74, 6) is 0.313. The summed E-state index contributed by atoms with van der Waals surface area (Å²) >= 11 is 0. The Morgan fingerprint density at radius 2 is 1.69 bits per heavy atom. The van der Waals surface area contributed by atoms with Gasteiger partial charge in [-0.25, -0.2) is 0 Å². The first-order valence-electron chi connectivity index (χ1n) is 10.1. The molecule has 0 aliphatic heterocycles. The second-order valence-corrected chi connectivity index (χ2v) is 7.25. The lowest BCUT2D eigenvalue weighted by Crippen LogP contribution is -2.24. The standard InChI is InChI=1S/C25H22N4O3/c1-16-22(13-19-7-8-21(32-2)14-23(19)28-16)25(31)27-15-17-3-5-18(6-4-17)24(30)29-20-9-11-26-12-10-20/h3-14H,15H2,1-2H3,(H,27,31)(H,26,29,30). The fourth-order valence-electron chi connectivity index (χ4n) is 3.29. The monoisotopic (exact) mass is 426 g/mol. The van der Waals surface area contributed by atoms with E-state index < -0.39 is 0 Å². The fourth-order valence-corrected chi connectivity index (χ4v) is 3.29. The average molecular weight is 426 g/mol. The Labute approximate surface area is 185 Å². The average Bonchev–Trinajstić information content (AvgIpc) is 2.82. The summed E-state index contributed by atoms with van der Waals surface area (Å²) in [5.41, 5.74) is 4.04. The molecule has 0 aliphatic rings. The lowest BCUT2D eigenvalue weighted by molar-refractivity contribution is 0.0949. The second-order valence-electron chi connectivity index (χ2n) is 7.25. The summed E-state index contributed by atoms with van der Waals surface area (Å²) in [4.78, 5) is 33.5. The van der Waals surface area contributed by atoms with E-state index in [-0.39, 0.29) is 11.8 Å². The molecular weight excluding hydrogens is 404 g/mol. The van der Waals surface area contributed by atoms with E-state index >= 15 is 0 Å². The van der Waals surface area contributed by atoms with E-state index in [1.807, 2.05) is 43.3 Å². The van der Waals surface area contributed by atoms with Crippen molar-refractivity contribution in [2.24, 2.45) is 0 Å². The number of nitrogens with zero attached hydrogens (tertiary/aromatic N) is 2. The molecule has 2 aromatic heterocycles. The molecule has 0 saturated heterocycles. The Bertz CT molecular complexity index is 1270. The number of aromatic nitrogens is 2. The minimum atomic E-state index is -0.207. The van der Waals surface area contributed by atoms with Crippen molar-refractivity contribution in [2.75, 3.05) is 12.4 Å². The molecule has 7 nitrogen and oxygen atoms in total. The Kier molecular flexibility index (Phi) is 6.07.